The molecule has 1 heterocycles. The molecule has 1 rings (SSSR count). The Hall–Kier alpha value is -0.730. The van der Waals surface area contributed by atoms with Crippen molar-refractivity contribution in [2.45, 2.75) is 6.54 Å². The number of aromatic nitrogens is 2. The van der Waals surface area contributed by atoms with Crippen LogP contribution in [0.4, 0.5) is 4.79 Å². The number of H-pyrrole nitrogens is 1. The predicted octanol–water partition coefficient (Wildman–Crippen LogP) is 0.748. The van der Waals surface area contributed by atoms with Crippen molar-refractivity contribution >= 4 is 34.8 Å². The first-order chi connectivity index (χ1) is 7.61. The Morgan fingerprint density at radius 3 is 3.00 bits per heavy atom. The van der Waals surface area contributed by atoms with E-state index < -0.39 is 0 Å². The van der Waals surface area contributed by atoms with Crippen LogP contribution in [0.15, 0.2) is 10.9 Å². The summed E-state index contributed by atoms with van der Waals surface area (Å²) in [5.74, 6) is 0. The Labute approximate surface area is 108 Å². The van der Waals surface area contributed by atoms with Crippen LogP contribution in [0.3, 0.4) is 0 Å². The molecule has 0 aliphatic heterocycles. The standard InChI is InChI=1S/C8H14BrN5OS/c1-14(16)8(15)11-3-2-10-4-6-7(9)13-5-12-6/h5,10,16H,2-4H2,1H3,(H,11,15)(H,12,13). The van der Waals surface area contributed by atoms with Crippen molar-refractivity contribution < 1.29 is 4.79 Å². The minimum atomic E-state index is -0.215. The van der Waals surface area contributed by atoms with Gasteiger partial charge in [0.25, 0.3) is 0 Å². The highest BCUT2D eigenvalue weighted by Crippen LogP contribution is 2.09. The molecule has 0 aliphatic rings. The number of imidazole rings is 1. The van der Waals surface area contributed by atoms with Gasteiger partial charge in [-0.3, -0.25) is 4.31 Å². The summed E-state index contributed by atoms with van der Waals surface area (Å²) in [4.78, 5) is 18.1. The molecule has 0 aliphatic carbocycles. The number of aromatic amines is 1. The van der Waals surface area contributed by atoms with E-state index in [2.05, 4.69) is 49.3 Å². The zero-order valence-electron chi connectivity index (χ0n) is 8.83. The van der Waals surface area contributed by atoms with Crippen LogP contribution >= 0.6 is 28.7 Å². The van der Waals surface area contributed by atoms with Crippen LogP contribution in [-0.4, -0.2) is 40.4 Å². The fourth-order valence-corrected chi connectivity index (χ4v) is 1.44. The molecule has 2 amide bonds. The number of amides is 2. The molecule has 0 bridgehead atoms. The lowest BCUT2D eigenvalue weighted by molar-refractivity contribution is 0.231. The van der Waals surface area contributed by atoms with E-state index in [-0.39, 0.29) is 6.03 Å². The Morgan fingerprint density at radius 1 is 1.69 bits per heavy atom. The molecule has 0 saturated carbocycles. The van der Waals surface area contributed by atoms with Gasteiger partial charge < -0.3 is 15.6 Å². The molecule has 0 spiro atoms. The van der Waals surface area contributed by atoms with Crippen molar-refractivity contribution in [1.82, 2.24) is 24.9 Å². The van der Waals surface area contributed by atoms with Crippen LogP contribution in [0.2, 0.25) is 0 Å². The summed E-state index contributed by atoms with van der Waals surface area (Å²) >= 11 is 7.17. The third-order valence-electron chi connectivity index (χ3n) is 1.84. The van der Waals surface area contributed by atoms with Crippen molar-refractivity contribution in [1.29, 1.82) is 0 Å². The molecule has 6 nitrogen and oxygen atoms in total. The molecular formula is C8H14BrN5OS. The number of carbonyl (C=O) groups is 1. The first kappa shape index (κ1) is 13.3. The van der Waals surface area contributed by atoms with Crippen molar-refractivity contribution in [3.63, 3.8) is 0 Å². The number of hydrogen-bond acceptors (Lipinski definition) is 4. The Balaban J connectivity index is 2.09. The molecule has 8 heteroatoms. The Bertz CT molecular complexity index is 343. The van der Waals surface area contributed by atoms with Crippen LogP contribution in [0.5, 0.6) is 0 Å². The predicted molar refractivity (Wildman–Crippen MR) is 68.1 cm³/mol. The third kappa shape index (κ3) is 4.42. The van der Waals surface area contributed by atoms with E-state index in [4.69, 9.17) is 0 Å². The van der Waals surface area contributed by atoms with E-state index in [0.717, 1.165) is 10.3 Å². The number of halogens is 1. The van der Waals surface area contributed by atoms with Gasteiger partial charge in [-0.2, -0.15) is 0 Å². The molecule has 0 unspecified atom stereocenters. The number of nitrogens with zero attached hydrogens (tertiary/aromatic N) is 2. The highest BCUT2D eigenvalue weighted by atomic mass is 79.9. The van der Waals surface area contributed by atoms with Crippen molar-refractivity contribution in [2.75, 3.05) is 20.1 Å². The molecule has 1 aromatic rings. The second kappa shape index (κ2) is 6.77. The highest BCUT2D eigenvalue weighted by Gasteiger charge is 2.03. The smallest absolute Gasteiger partial charge is 0.326 e. The van der Waals surface area contributed by atoms with Gasteiger partial charge in [-0.25, -0.2) is 9.78 Å². The van der Waals surface area contributed by atoms with E-state index >= 15 is 0 Å². The molecule has 0 fully saturated rings. The first-order valence-electron chi connectivity index (χ1n) is 4.70. The quantitative estimate of drug-likeness (QED) is 0.479. The topological polar surface area (TPSA) is 73.1 Å². The molecule has 1 aromatic heterocycles. The van der Waals surface area contributed by atoms with Gasteiger partial charge in [0.1, 0.15) is 4.60 Å². The van der Waals surface area contributed by atoms with E-state index in [1.165, 1.54) is 4.31 Å². The lowest BCUT2D eigenvalue weighted by atomic mass is 10.4. The number of nitrogens with one attached hydrogen (secondary N) is 3. The summed E-state index contributed by atoms with van der Waals surface area (Å²) in [7, 11) is 1.58. The number of carbonyl (C=O) groups excluding carboxylic acids is 1. The minimum Gasteiger partial charge on any atom is -0.346 e. The maximum absolute atomic E-state index is 11.1. The van der Waals surface area contributed by atoms with Gasteiger partial charge in [0.2, 0.25) is 0 Å². The molecular weight excluding hydrogens is 294 g/mol. The molecule has 0 radical (unpaired) electrons. The van der Waals surface area contributed by atoms with Crippen LogP contribution in [-0.2, 0) is 6.54 Å². The number of thiol groups is 1. The number of urea groups is 1. The average Bonchev–Trinajstić information content (AvgIpc) is 2.63. The largest absolute Gasteiger partial charge is 0.346 e. The molecule has 16 heavy (non-hydrogen) atoms. The molecule has 3 N–H and O–H groups in total. The average molecular weight is 308 g/mol. The van der Waals surface area contributed by atoms with Gasteiger partial charge in [0.05, 0.1) is 12.0 Å². The van der Waals surface area contributed by atoms with Crippen LogP contribution < -0.4 is 10.6 Å². The lowest BCUT2D eigenvalue weighted by Crippen LogP contribution is -2.36. The summed E-state index contributed by atoms with van der Waals surface area (Å²) in [6, 6.07) is -0.215. The van der Waals surface area contributed by atoms with Crippen molar-refractivity contribution in [2.24, 2.45) is 0 Å². The molecule has 0 saturated heterocycles. The third-order valence-corrected chi connectivity index (χ3v) is 2.70. The van der Waals surface area contributed by atoms with Crippen LogP contribution in [0, 0.1) is 0 Å². The summed E-state index contributed by atoms with van der Waals surface area (Å²) in [6.07, 6.45) is 1.62. The summed E-state index contributed by atoms with van der Waals surface area (Å²) < 4.78 is 2.00. The second-order valence-electron chi connectivity index (χ2n) is 3.10. The van der Waals surface area contributed by atoms with E-state index in [1.807, 2.05) is 0 Å². The normalized spacial score (nSPS) is 10.2. The SMILES string of the molecule is CN(S)C(=O)NCCNCc1[nH]cnc1Br. The van der Waals surface area contributed by atoms with Gasteiger partial charge in [0, 0.05) is 26.7 Å². The molecule has 0 aromatic carbocycles. The fraction of sp³-hybridized carbons (Fsp3) is 0.500. The summed E-state index contributed by atoms with van der Waals surface area (Å²) in [6.45, 7) is 1.90. The highest BCUT2D eigenvalue weighted by molar-refractivity contribution is 9.10. The zero-order chi connectivity index (χ0) is 12.0. The Morgan fingerprint density at radius 2 is 2.44 bits per heavy atom. The first-order valence-corrected chi connectivity index (χ1v) is 5.89. The Kier molecular flexibility index (Phi) is 5.64. The minimum absolute atomic E-state index is 0.215. The molecule has 90 valence electrons. The van der Waals surface area contributed by atoms with Gasteiger partial charge in [-0.05, 0) is 15.9 Å². The summed E-state index contributed by atoms with van der Waals surface area (Å²) in [5, 5.41) is 5.85. The number of hydrogen-bond donors (Lipinski definition) is 4. The fourth-order valence-electron chi connectivity index (χ4n) is 1.01. The lowest BCUT2D eigenvalue weighted by Gasteiger charge is -2.10. The van der Waals surface area contributed by atoms with Gasteiger partial charge >= 0.3 is 6.03 Å². The van der Waals surface area contributed by atoms with Gasteiger partial charge in [0.15, 0.2) is 0 Å². The van der Waals surface area contributed by atoms with E-state index in [0.29, 0.717) is 19.6 Å². The zero-order valence-corrected chi connectivity index (χ0v) is 11.3. The second-order valence-corrected chi connectivity index (χ2v) is 4.46. The van der Waals surface area contributed by atoms with Gasteiger partial charge in [-0.1, -0.05) is 12.8 Å². The van der Waals surface area contributed by atoms with Gasteiger partial charge in [-0.15, -0.1) is 0 Å². The molecule has 0 atom stereocenters. The maximum atomic E-state index is 11.1. The maximum Gasteiger partial charge on any atom is 0.326 e. The van der Waals surface area contributed by atoms with E-state index in [9.17, 15) is 4.79 Å². The summed E-state index contributed by atoms with van der Waals surface area (Å²) in [5.41, 5.74) is 0.984. The van der Waals surface area contributed by atoms with Crippen LogP contribution in [0.1, 0.15) is 5.69 Å². The van der Waals surface area contributed by atoms with Crippen LogP contribution in [0.25, 0.3) is 0 Å². The number of rotatable bonds is 5. The van der Waals surface area contributed by atoms with E-state index in [1.54, 1.807) is 13.4 Å². The van der Waals surface area contributed by atoms with Crippen molar-refractivity contribution in [3.8, 4) is 0 Å². The monoisotopic (exact) mass is 307 g/mol. The van der Waals surface area contributed by atoms with Crippen molar-refractivity contribution in [3.05, 3.63) is 16.6 Å².